The normalized spacial score (nSPS) is 12.4. The predicted octanol–water partition coefficient (Wildman–Crippen LogP) is 4.05. The monoisotopic (exact) mass is 548 g/mol. The van der Waals surface area contributed by atoms with Crippen molar-refractivity contribution in [2.45, 2.75) is 89.5 Å². The van der Waals surface area contributed by atoms with Crippen LogP contribution >= 0.6 is 12.6 Å². The van der Waals surface area contributed by atoms with Crippen molar-refractivity contribution in [1.29, 1.82) is 0 Å². The average molecular weight is 549 g/mol. The van der Waals surface area contributed by atoms with Crippen LogP contribution in [-0.2, 0) is 23.7 Å². The van der Waals surface area contributed by atoms with Crippen molar-refractivity contribution in [3.63, 3.8) is 0 Å². The summed E-state index contributed by atoms with van der Waals surface area (Å²) < 4.78 is 21.4. The van der Waals surface area contributed by atoms with Gasteiger partial charge in [-0.3, -0.25) is 4.79 Å². The molecule has 0 aliphatic heterocycles. The molecule has 0 spiro atoms. The summed E-state index contributed by atoms with van der Waals surface area (Å²) in [6, 6.07) is -0.249. The van der Waals surface area contributed by atoms with E-state index in [0.717, 1.165) is 12.2 Å². The zero-order valence-corrected chi connectivity index (χ0v) is 24.1. The van der Waals surface area contributed by atoms with E-state index in [0.29, 0.717) is 65.8 Å². The number of unbranched alkanes of at least 4 members (excludes halogenated alkanes) is 10. The van der Waals surface area contributed by atoms with Crippen molar-refractivity contribution in [3.05, 3.63) is 12.2 Å². The highest BCUT2D eigenvalue weighted by molar-refractivity contribution is 7.80. The lowest BCUT2D eigenvalue weighted by Crippen LogP contribution is -2.37. The second-order valence-corrected chi connectivity index (χ2v) is 9.64. The van der Waals surface area contributed by atoms with Crippen LogP contribution in [0.25, 0.3) is 0 Å². The third-order valence-electron chi connectivity index (χ3n) is 5.80. The molecule has 0 saturated carbocycles. The zero-order valence-electron chi connectivity index (χ0n) is 23.2. The molecule has 0 aromatic heterocycles. The Kier molecular flexibility index (Phi) is 31.0. The largest absolute Gasteiger partial charge is 0.394 e. The molecule has 0 fully saturated rings. The van der Waals surface area contributed by atoms with Crippen molar-refractivity contribution in [1.82, 2.24) is 5.32 Å². The number of aliphatic hydroxyl groups is 1. The molecule has 1 atom stereocenters. The van der Waals surface area contributed by atoms with Gasteiger partial charge in [0, 0.05) is 13.0 Å². The van der Waals surface area contributed by atoms with E-state index >= 15 is 0 Å². The van der Waals surface area contributed by atoms with Gasteiger partial charge in [0.15, 0.2) is 0 Å². The van der Waals surface area contributed by atoms with Gasteiger partial charge in [-0.2, -0.15) is 12.6 Å². The highest BCUT2D eigenvalue weighted by Gasteiger charge is 2.09. The number of rotatable bonds is 30. The van der Waals surface area contributed by atoms with Crippen molar-refractivity contribution in [2.24, 2.45) is 5.73 Å². The summed E-state index contributed by atoms with van der Waals surface area (Å²) >= 11 is 4.25. The van der Waals surface area contributed by atoms with Gasteiger partial charge in [0.25, 0.3) is 0 Å². The second kappa shape index (κ2) is 31.5. The molecule has 0 radical (unpaired) electrons. The van der Waals surface area contributed by atoms with E-state index < -0.39 is 0 Å². The van der Waals surface area contributed by atoms with E-state index in [1.165, 1.54) is 64.2 Å². The maximum Gasteiger partial charge on any atom is 0.222 e. The lowest BCUT2D eigenvalue weighted by molar-refractivity contribution is -0.123. The molecule has 0 saturated heterocycles. The molecule has 1 unspecified atom stereocenters. The molecule has 0 aromatic carbocycles. The molecule has 0 rings (SSSR count). The number of nitrogens with two attached hydrogens (primary N) is 1. The van der Waals surface area contributed by atoms with Crippen LogP contribution in [0.1, 0.15) is 83.5 Å². The lowest BCUT2D eigenvalue weighted by Gasteiger charge is -2.14. The Labute approximate surface area is 231 Å². The Morgan fingerprint density at radius 1 is 0.730 bits per heavy atom. The number of ether oxygens (including phenoxy) is 4. The molecular formula is C28H56N2O6S. The summed E-state index contributed by atoms with van der Waals surface area (Å²) in [7, 11) is 0. The Bertz CT molecular complexity index is 499. The molecule has 0 aliphatic rings. The quantitative estimate of drug-likeness (QED) is 0.0609. The third kappa shape index (κ3) is 29.7. The first-order chi connectivity index (χ1) is 18.2. The number of hydrogen-bond acceptors (Lipinski definition) is 8. The fourth-order valence-corrected chi connectivity index (χ4v) is 3.88. The third-order valence-corrected chi connectivity index (χ3v) is 6.12. The Morgan fingerprint density at radius 2 is 1.22 bits per heavy atom. The van der Waals surface area contributed by atoms with Gasteiger partial charge in [-0.1, -0.05) is 63.5 Å². The first-order valence-electron chi connectivity index (χ1n) is 14.4. The maximum atomic E-state index is 12.1. The number of aliphatic hydroxyl groups excluding tert-OH is 1. The predicted molar refractivity (Wildman–Crippen MR) is 154 cm³/mol. The van der Waals surface area contributed by atoms with Crippen LogP contribution in [0, 0.1) is 0 Å². The van der Waals surface area contributed by atoms with E-state index in [1.807, 2.05) is 0 Å². The van der Waals surface area contributed by atoms with Crippen molar-refractivity contribution in [3.8, 4) is 0 Å². The second-order valence-electron chi connectivity index (χ2n) is 9.19. The Morgan fingerprint density at radius 3 is 1.73 bits per heavy atom. The Hall–Kier alpha value is -0.680. The molecule has 0 aromatic rings. The Balaban J connectivity index is 3.48. The van der Waals surface area contributed by atoms with Gasteiger partial charge < -0.3 is 35.1 Å². The first kappa shape index (κ1) is 36.3. The number of nitrogens with one attached hydrogen (secondary N) is 1. The molecule has 37 heavy (non-hydrogen) atoms. The van der Waals surface area contributed by atoms with E-state index in [9.17, 15) is 9.90 Å². The summed E-state index contributed by atoms with van der Waals surface area (Å²) in [5.74, 6) is 0.905. The summed E-state index contributed by atoms with van der Waals surface area (Å²) in [4.78, 5) is 12.1. The summed E-state index contributed by atoms with van der Waals surface area (Å²) in [5, 5.41) is 12.4. The molecule has 0 aliphatic carbocycles. The van der Waals surface area contributed by atoms with Crippen molar-refractivity contribution < 1.29 is 28.8 Å². The van der Waals surface area contributed by atoms with Crippen molar-refractivity contribution >= 4 is 18.5 Å². The van der Waals surface area contributed by atoms with Gasteiger partial charge in [-0.25, -0.2) is 0 Å². The molecule has 1 amide bonds. The fraction of sp³-hybridized carbons (Fsp3) is 0.893. The van der Waals surface area contributed by atoms with Crippen LogP contribution in [0.5, 0.6) is 0 Å². The van der Waals surface area contributed by atoms with Crippen LogP contribution in [0.4, 0.5) is 0 Å². The van der Waals surface area contributed by atoms with Gasteiger partial charge in [0.1, 0.15) is 0 Å². The van der Waals surface area contributed by atoms with E-state index in [-0.39, 0.29) is 25.0 Å². The lowest BCUT2D eigenvalue weighted by atomic mass is 10.1. The van der Waals surface area contributed by atoms with E-state index in [1.54, 1.807) is 0 Å². The number of allylic oxidation sites excluding steroid dienone is 1. The molecule has 9 heteroatoms. The molecule has 8 nitrogen and oxygen atoms in total. The summed E-state index contributed by atoms with van der Waals surface area (Å²) in [6.45, 7) is 4.26. The number of carbonyl (C=O) groups is 1. The number of hydrogen-bond donors (Lipinski definition) is 4. The smallest absolute Gasteiger partial charge is 0.222 e. The summed E-state index contributed by atoms with van der Waals surface area (Å²) in [6.07, 6.45) is 19.3. The molecule has 220 valence electrons. The first-order valence-corrected chi connectivity index (χ1v) is 15.0. The number of thiol groups is 1. The van der Waals surface area contributed by atoms with Crippen LogP contribution < -0.4 is 11.1 Å². The van der Waals surface area contributed by atoms with Gasteiger partial charge in [0.05, 0.1) is 65.5 Å². The minimum Gasteiger partial charge on any atom is -0.394 e. The maximum absolute atomic E-state index is 12.1. The highest BCUT2D eigenvalue weighted by Crippen LogP contribution is 2.12. The average Bonchev–Trinajstić information content (AvgIpc) is 2.90. The van der Waals surface area contributed by atoms with Crippen LogP contribution in [0.15, 0.2) is 12.2 Å². The minimum absolute atomic E-state index is 0.0688. The standard InChI is InChI=1S/C28H56N2O6S/c29-16-18-34-20-22-36-24-23-35-21-19-33-17-15-28(32)30-27(26-31)14-12-10-8-6-4-2-1-3-5-7-9-11-13-25-37/h10,12,27,31,37H,1-9,11,13-26,29H2,(H,30,32)/b12-10+. The van der Waals surface area contributed by atoms with Crippen LogP contribution in [0.3, 0.4) is 0 Å². The van der Waals surface area contributed by atoms with Crippen LogP contribution in [-0.4, -0.2) is 88.8 Å². The van der Waals surface area contributed by atoms with Gasteiger partial charge in [0.2, 0.25) is 5.91 Å². The zero-order chi connectivity index (χ0) is 27.1. The molecule has 0 heterocycles. The summed E-state index contributed by atoms with van der Waals surface area (Å²) in [5.41, 5.74) is 5.33. The topological polar surface area (TPSA) is 112 Å². The molecule has 0 bridgehead atoms. The van der Waals surface area contributed by atoms with Crippen molar-refractivity contribution in [2.75, 3.05) is 71.8 Å². The van der Waals surface area contributed by atoms with E-state index in [4.69, 9.17) is 24.7 Å². The fourth-order valence-electron chi connectivity index (χ4n) is 3.66. The van der Waals surface area contributed by atoms with E-state index in [2.05, 4.69) is 30.1 Å². The minimum atomic E-state index is -0.249. The number of amides is 1. The molecular weight excluding hydrogens is 492 g/mol. The van der Waals surface area contributed by atoms with Crippen LogP contribution in [0.2, 0.25) is 0 Å². The highest BCUT2D eigenvalue weighted by atomic mass is 32.1. The van der Waals surface area contributed by atoms with Gasteiger partial charge in [-0.05, 0) is 31.4 Å². The van der Waals surface area contributed by atoms with Gasteiger partial charge >= 0.3 is 0 Å². The molecule has 4 N–H and O–H groups in total. The SMILES string of the molecule is NCCOCCOCCOCCOCCC(=O)NC(CO)C/C=C/CCCCCCCCCCCCS. The number of carbonyl (C=O) groups excluding carboxylic acids is 1. The van der Waals surface area contributed by atoms with Gasteiger partial charge in [-0.15, -0.1) is 0 Å².